The number of carboxylic acids is 1. The first-order valence-corrected chi connectivity index (χ1v) is 8.48. The summed E-state index contributed by atoms with van der Waals surface area (Å²) in [6.45, 7) is 6.80. The molecule has 26 heavy (non-hydrogen) atoms. The van der Waals surface area contributed by atoms with Gasteiger partial charge >= 0.3 is 5.97 Å². The summed E-state index contributed by atoms with van der Waals surface area (Å²) < 4.78 is 0. The summed E-state index contributed by atoms with van der Waals surface area (Å²) in [4.78, 5) is 57.7. The normalized spacial score (nSPS) is 13.7. The van der Waals surface area contributed by atoms with Crippen molar-refractivity contribution in [2.75, 3.05) is 6.54 Å². The maximum Gasteiger partial charge on any atom is 0.303 e. The van der Waals surface area contributed by atoms with E-state index >= 15 is 0 Å². The summed E-state index contributed by atoms with van der Waals surface area (Å²) in [7, 11) is 0. The van der Waals surface area contributed by atoms with Gasteiger partial charge in [-0.1, -0.05) is 6.92 Å². The maximum absolute atomic E-state index is 12.0. The van der Waals surface area contributed by atoms with Crippen molar-refractivity contribution in [1.82, 2.24) is 21.3 Å². The van der Waals surface area contributed by atoms with Crippen molar-refractivity contribution < 1.29 is 29.1 Å². The lowest BCUT2D eigenvalue weighted by atomic mass is 10.2. The Labute approximate surface area is 152 Å². The molecule has 0 aliphatic rings. The van der Waals surface area contributed by atoms with Crippen LogP contribution in [0.3, 0.4) is 0 Å². The number of rotatable bonds is 11. The molecule has 0 unspecified atom stereocenters. The molecule has 4 amide bonds. The van der Waals surface area contributed by atoms with Gasteiger partial charge in [0, 0.05) is 13.0 Å². The molecule has 0 aliphatic heterocycles. The first-order valence-electron chi connectivity index (χ1n) is 8.48. The fraction of sp³-hybridized carbons (Fsp3) is 0.688. The molecule has 0 aliphatic carbocycles. The van der Waals surface area contributed by atoms with Crippen LogP contribution in [0.4, 0.5) is 0 Å². The van der Waals surface area contributed by atoms with E-state index in [-0.39, 0.29) is 18.7 Å². The van der Waals surface area contributed by atoms with E-state index in [1.165, 1.54) is 20.8 Å². The van der Waals surface area contributed by atoms with Gasteiger partial charge in [0.2, 0.25) is 23.6 Å². The van der Waals surface area contributed by atoms with E-state index in [0.29, 0.717) is 6.54 Å². The SMILES string of the molecule is CCCNC(=O)[C@H](C)NC(=O)[C@H](C)NC(=O)[C@@H](C)NC(=O)CCC(=O)O. The second-order valence-electron chi connectivity index (χ2n) is 5.93. The van der Waals surface area contributed by atoms with E-state index in [2.05, 4.69) is 21.3 Å². The standard InChI is InChI=1S/C16H28N4O6/c1-5-8-17-14(24)9(2)19-16(26)11(4)20-15(25)10(3)18-12(21)6-7-13(22)23/h9-11H,5-8H2,1-4H3,(H,17,24)(H,18,21)(H,19,26)(H,20,25)(H,22,23)/t9-,10+,11-/m0/s1. The number of amides is 4. The Morgan fingerprint density at radius 2 is 1.23 bits per heavy atom. The van der Waals surface area contributed by atoms with E-state index in [1.54, 1.807) is 0 Å². The van der Waals surface area contributed by atoms with Crippen LogP contribution in [-0.2, 0) is 24.0 Å². The van der Waals surface area contributed by atoms with Gasteiger partial charge in [-0.3, -0.25) is 24.0 Å². The van der Waals surface area contributed by atoms with E-state index in [4.69, 9.17) is 5.11 Å². The van der Waals surface area contributed by atoms with Crippen molar-refractivity contribution in [3.63, 3.8) is 0 Å². The molecule has 0 aromatic heterocycles. The van der Waals surface area contributed by atoms with Crippen LogP contribution in [0.2, 0.25) is 0 Å². The molecule has 0 aromatic rings. The van der Waals surface area contributed by atoms with E-state index in [9.17, 15) is 24.0 Å². The van der Waals surface area contributed by atoms with Gasteiger partial charge in [-0.25, -0.2) is 0 Å². The van der Waals surface area contributed by atoms with Gasteiger partial charge in [-0.05, 0) is 27.2 Å². The highest BCUT2D eigenvalue weighted by Crippen LogP contribution is 1.93. The zero-order chi connectivity index (χ0) is 20.3. The summed E-state index contributed by atoms with van der Waals surface area (Å²) >= 11 is 0. The molecule has 0 aromatic carbocycles. The van der Waals surface area contributed by atoms with E-state index in [0.717, 1.165) is 6.42 Å². The Bertz CT molecular complexity index is 537. The van der Waals surface area contributed by atoms with Crippen molar-refractivity contribution >= 4 is 29.6 Å². The second kappa shape index (κ2) is 11.8. The lowest BCUT2D eigenvalue weighted by Crippen LogP contribution is -2.54. The lowest BCUT2D eigenvalue weighted by Gasteiger charge is -2.20. The molecule has 0 saturated carbocycles. The van der Waals surface area contributed by atoms with Crippen LogP contribution < -0.4 is 21.3 Å². The summed E-state index contributed by atoms with van der Waals surface area (Å²) in [5, 5.41) is 18.4. The maximum atomic E-state index is 12.0. The molecule has 0 heterocycles. The fourth-order valence-corrected chi connectivity index (χ4v) is 1.81. The summed E-state index contributed by atoms with van der Waals surface area (Å²) in [6.07, 6.45) is 0.194. The van der Waals surface area contributed by atoms with Gasteiger partial charge in [0.05, 0.1) is 6.42 Å². The molecule has 0 spiro atoms. The molecule has 0 bridgehead atoms. The van der Waals surface area contributed by atoms with Crippen molar-refractivity contribution in [3.05, 3.63) is 0 Å². The Hall–Kier alpha value is -2.65. The molecule has 0 fully saturated rings. The van der Waals surface area contributed by atoms with E-state index < -0.39 is 41.8 Å². The van der Waals surface area contributed by atoms with Gasteiger partial charge < -0.3 is 26.4 Å². The van der Waals surface area contributed by atoms with Gasteiger partial charge in [0.25, 0.3) is 0 Å². The van der Waals surface area contributed by atoms with E-state index in [1.807, 2.05) is 6.92 Å². The second-order valence-corrected chi connectivity index (χ2v) is 5.93. The number of hydrogen-bond acceptors (Lipinski definition) is 5. The predicted octanol–water partition coefficient (Wildman–Crippen LogP) is -1.11. The third-order valence-electron chi connectivity index (χ3n) is 3.39. The van der Waals surface area contributed by atoms with Crippen molar-refractivity contribution in [3.8, 4) is 0 Å². The Balaban J connectivity index is 4.37. The van der Waals surface area contributed by atoms with Crippen molar-refractivity contribution in [2.24, 2.45) is 0 Å². The predicted molar refractivity (Wildman–Crippen MR) is 93.0 cm³/mol. The molecule has 0 rings (SSSR count). The first-order chi connectivity index (χ1) is 12.1. The van der Waals surface area contributed by atoms with Gasteiger partial charge in [-0.2, -0.15) is 0 Å². The van der Waals surface area contributed by atoms with Crippen LogP contribution in [0, 0.1) is 0 Å². The largest absolute Gasteiger partial charge is 0.481 e. The molecule has 148 valence electrons. The highest BCUT2D eigenvalue weighted by molar-refractivity contribution is 5.93. The zero-order valence-electron chi connectivity index (χ0n) is 15.5. The molecule has 5 N–H and O–H groups in total. The molecule has 3 atom stereocenters. The van der Waals surface area contributed by atoms with Gasteiger partial charge in [-0.15, -0.1) is 0 Å². The van der Waals surface area contributed by atoms with Crippen LogP contribution in [-0.4, -0.2) is 59.4 Å². The lowest BCUT2D eigenvalue weighted by molar-refractivity contribution is -0.139. The number of aliphatic carboxylic acids is 1. The molecule has 10 heteroatoms. The quantitative estimate of drug-likeness (QED) is 0.310. The Morgan fingerprint density at radius 3 is 1.69 bits per heavy atom. The van der Waals surface area contributed by atoms with Crippen molar-refractivity contribution in [1.29, 1.82) is 0 Å². The third kappa shape index (κ3) is 9.60. The molecular formula is C16H28N4O6. The van der Waals surface area contributed by atoms with Crippen LogP contribution in [0.5, 0.6) is 0 Å². The number of hydrogen-bond donors (Lipinski definition) is 5. The van der Waals surface area contributed by atoms with Crippen molar-refractivity contribution in [2.45, 2.75) is 65.1 Å². The minimum absolute atomic E-state index is 0.243. The smallest absolute Gasteiger partial charge is 0.303 e. The molecule has 0 saturated heterocycles. The number of carbonyl (C=O) groups is 5. The average Bonchev–Trinajstić information content (AvgIpc) is 2.57. The minimum atomic E-state index is -1.11. The monoisotopic (exact) mass is 372 g/mol. The van der Waals surface area contributed by atoms with Crippen LogP contribution in [0.25, 0.3) is 0 Å². The topological polar surface area (TPSA) is 154 Å². The number of carboxylic acid groups (broad SMARTS) is 1. The summed E-state index contributed by atoms with van der Waals surface area (Å²) in [5.74, 6) is -3.15. The summed E-state index contributed by atoms with van der Waals surface area (Å²) in [5.41, 5.74) is 0. The number of nitrogens with one attached hydrogen (secondary N) is 4. The third-order valence-corrected chi connectivity index (χ3v) is 3.39. The summed E-state index contributed by atoms with van der Waals surface area (Å²) in [6, 6.07) is -2.60. The van der Waals surface area contributed by atoms with Crippen LogP contribution >= 0.6 is 0 Å². The Morgan fingerprint density at radius 1 is 0.769 bits per heavy atom. The molecule has 0 radical (unpaired) electrons. The Kier molecular flexibility index (Phi) is 10.6. The molecular weight excluding hydrogens is 344 g/mol. The number of carbonyl (C=O) groups excluding carboxylic acids is 4. The minimum Gasteiger partial charge on any atom is -0.481 e. The highest BCUT2D eigenvalue weighted by atomic mass is 16.4. The van der Waals surface area contributed by atoms with Gasteiger partial charge in [0.1, 0.15) is 18.1 Å². The van der Waals surface area contributed by atoms with Gasteiger partial charge in [0.15, 0.2) is 0 Å². The first kappa shape index (κ1) is 23.4. The fourth-order valence-electron chi connectivity index (χ4n) is 1.81. The highest BCUT2D eigenvalue weighted by Gasteiger charge is 2.23. The zero-order valence-corrected chi connectivity index (χ0v) is 15.5. The molecule has 10 nitrogen and oxygen atoms in total. The average molecular weight is 372 g/mol. The van der Waals surface area contributed by atoms with Crippen LogP contribution in [0.1, 0.15) is 47.0 Å². The van der Waals surface area contributed by atoms with Crippen LogP contribution in [0.15, 0.2) is 0 Å².